The molecule has 9 heteroatoms. The van der Waals surface area contributed by atoms with E-state index in [9.17, 15) is 9.59 Å². The molecule has 28 heavy (non-hydrogen) atoms. The third-order valence-electron chi connectivity index (χ3n) is 5.33. The summed E-state index contributed by atoms with van der Waals surface area (Å²) in [6, 6.07) is 4.24. The summed E-state index contributed by atoms with van der Waals surface area (Å²) in [7, 11) is 3.27. The van der Waals surface area contributed by atoms with E-state index in [-0.39, 0.29) is 17.9 Å². The van der Waals surface area contributed by atoms with Crippen molar-refractivity contribution in [2.75, 3.05) is 46.2 Å². The van der Waals surface area contributed by atoms with Crippen LogP contribution in [0.4, 0.5) is 0 Å². The number of rotatable bonds is 7. The molecule has 0 radical (unpaired) electrons. The molecule has 2 amide bonds. The van der Waals surface area contributed by atoms with Crippen molar-refractivity contribution in [3.63, 3.8) is 0 Å². The minimum atomic E-state index is -0.0176. The first-order valence-corrected chi connectivity index (χ1v) is 10.7. The second kappa shape index (κ2) is 9.11. The van der Waals surface area contributed by atoms with Crippen LogP contribution in [0.2, 0.25) is 0 Å². The third kappa shape index (κ3) is 4.42. The van der Waals surface area contributed by atoms with Gasteiger partial charge in [-0.3, -0.25) is 14.5 Å². The van der Waals surface area contributed by atoms with Crippen LogP contribution in [0.5, 0.6) is 11.5 Å². The van der Waals surface area contributed by atoms with Crippen molar-refractivity contribution >= 4 is 40.1 Å². The van der Waals surface area contributed by atoms with Crippen molar-refractivity contribution in [3.05, 3.63) is 23.3 Å². The average molecular weight is 425 g/mol. The number of carbonyl (C=O) groups is 2. The number of methoxy groups -OCH3 is 2. The number of thioether (sulfide) groups is 1. The number of nitrogens with one attached hydrogen (secondary N) is 2. The Bertz CT molecular complexity index is 771. The summed E-state index contributed by atoms with van der Waals surface area (Å²) in [6.07, 6.45) is 0.885. The second-order valence-corrected chi connectivity index (χ2v) is 8.52. The molecule has 2 aliphatic heterocycles. The molecule has 0 spiro atoms. The molecule has 2 heterocycles. The van der Waals surface area contributed by atoms with Crippen molar-refractivity contribution in [2.45, 2.75) is 19.4 Å². The molecule has 7 nitrogen and oxygen atoms in total. The summed E-state index contributed by atoms with van der Waals surface area (Å²) < 4.78 is 11.4. The number of ether oxygens (including phenoxy) is 2. The number of thiocarbonyl (C=S) groups is 1. The zero-order valence-corrected chi connectivity index (χ0v) is 18.0. The van der Waals surface area contributed by atoms with Gasteiger partial charge in [0.15, 0.2) is 18.0 Å². The molecule has 3 rings (SSSR count). The SMILES string of the molecule is COc1cc2c(cc1OC)[C@@H](C)[NH+](CC(=O)NCCN1C(=O)CSC1=S)CC2. The number of amides is 2. The van der Waals surface area contributed by atoms with Crippen molar-refractivity contribution in [1.82, 2.24) is 10.2 Å². The largest absolute Gasteiger partial charge is 0.493 e. The number of benzene rings is 1. The van der Waals surface area contributed by atoms with Crippen molar-refractivity contribution in [3.8, 4) is 11.5 Å². The lowest BCUT2D eigenvalue weighted by atomic mass is 9.93. The minimum Gasteiger partial charge on any atom is -0.493 e. The van der Waals surface area contributed by atoms with Gasteiger partial charge in [-0.25, -0.2) is 0 Å². The van der Waals surface area contributed by atoms with Crippen LogP contribution >= 0.6 is 24.0 Å². The first-order valence-electron chi connectivity index (χ1n) is 9.27. The van der Waals surface area contributed by atoms with Gasteiger partial charge in [0.2, 0.25) is 5.91 Å². The number of hydrogen-bond acceptors (Lipinski definition) is 6. The highest BCUT2D eigenvalue weighted by Crippen LogP contribution is 2.33. The summed E-state index contributed by atoms with van der Waals surface area (Å²) in [5.41, 5.74) is 2.43. The van der Waals surface area contributed by atoms with Gasteiger partial charge in [0.05, 0.1) is 26.5 Å². The number of fused-ring (bicyclic) bond motifs is 1. The molecule has 0 bridgehead atoms. The van der Waals surface area contributed by atoms with Crippen molar-refractivity contribution < 1.29 is 24.0 Å². The molecule has 0 saturated carbocycles. The van der Waals surface area contributed by atoms with Gasteiger partial charge in [-0.1, -0.05) is 24.0 Å². The van der Waals surface area contributed by atoms with E-state index < -0.39 is 0 Å². The van der Waals surface area contributed by atoms with Crippen LogP contribution in [0.1, 0.15) is 24.1 Å². The topological polar surface area (TPSA) is 72.3 Å². The van der Waals surface area contributed by atoms with Crippen LogP contribution in [-0.4, -0.2) is 67.2 Å². The highest BCUT2D eigenvalue weighted by Gasteiger charge is 2.31. The maximum Gasteiger partial charge on any atom is 0.275 e. The van der Waals surface area contributed by atoms with Crippen LogP contribution in [0.25, 0.3) is 0 Å². The van der Waals surface area contributed by atoms with Crippen molar-refractivity contribution in [1.29, 1.82) is 0 Å². The summed E-state index contributed by atoms with van der Waals surface area (Å²) >= 11 is 6.52. The van der Waals surface area contributed by atoms with E-state index in [2.05, 4.69) is 12.2 Å². The average Bonchev–Trinajstić information content (AvgIpc) is 3.01. The Morgan fingerprint density at radius 2 is 2.07 bits per heavy atom. The van der Waals surface area contributed by atoms with E-state index in [0.717, 1.165) is 18.7 Å². The Kier molecular flexibility index (Phi) is 6.79. The third-order valence-corrected chi connectivity index (χ3v) is 6.76. The fourth-order valence-corrected chi connectivity index (χ4v) is 4.82. The molecule has 1 saturated heterocycles. The Hall–Kier alpha value is -1.84. The van der Waals surface area contributed by atoms with E-state index in [1.165, 1.54) is 27.8 Å². The zero-order chi connectivity index (χ0) is 20.3. The molecule has 1 aromatic carbocycles. The quantitative estimate of drug-likeness (QED) is 0.609. The maximum atomic E-state index is 12.4. The maximum absolute atomic E-state index is 12.4. The van der Waals surface area contributed by atoms with E-state index >= 15 is 0 Å². The Balaban J connectivity index is 1.56. The lowest BCUT2D eigenvalue weighted by Crippen LogP contribution is -3.14. The summed E-state index contributed by atoms with van der Waals surface area (Å²) in [6.45, 7) is 4.24. The summed E-state index contributed by atoms with van der Waals surface area (Å²) in [5.74, 6) is 1.84. The fourth-order valence-electron chi connectivity index (χ4n) is 3.70. The lowest BCUT2D eigenvalue weighted by molar-refractivity contribution is -0.924. The summed E-state index contributed by atoms with van der Waals surface area (Å²) in [4.78, 5) is 26.9. The first kappa shape index (κ1) is 20.9. The smallest absolute Gasteiger partial charge is 0.275 e. The molecular weight excluding hydrogens is 398 g/mol. The van der Waals surface area contributed by atoms with Crippen LogP contribution in [-0.2, 0) is 16.0 Å². The minimum absolute atomic E-state index is 0.0144. The van der Waals surface area contributed by atoms with E-state index in [1.54, 1.807) is 19.1 Å². The number of quaternary nitrogens is 1. The Labute approximate surface area is 174 Å². The highest BCUT2D eigenvalue weighted by molar-refractivity contribution is 8.23. The molecule has 0 aliphatic carbocycles. The van der Waals surface area contributed by atoms with Crippen LogP contribution in [0.3, 0.4) is 0 Å². The Morgan fingerprint density at radius 3 is 2.71 bits per heavy atom. The van der Waals surface area contributed by atoms with E-state index in [1.807, 2.05) is 12.1 Å². The lowest BCUT2D eigenvalue weighted by Gasteiger charge is -2.32. The first-order chi connectivity index (χ1) is 13.4. The van der Waals surface area contributed by atoms with Gasteiger partial charge in [-0.05, 0) is 24.6 Å². The molecule has 152 valence electrons. The molecule has 1 fully saturated rings. The normalized spacial score (nSPS) is 21.5. The predicted molar refractivity (Wildman–Crippen MR) is 112 cm³/mol. The molecule has 0 aromatic heterocycles. The summed E-state index contributed by atoms with van der Waals surface area (Å²) in [5, 5.41) is 2.92. The fraction of sp³-hybridized carbons (Fsp3) is 0.526. The second-order valence-electron chi connectivity index (χ2n) is 6.91. The molecule has 2 atom stereocenters. The predicted octanol–water partition coefficient (Wildman–Crippen LogP) is 0.182. The van der Waals surface area contributed by atoms with Gasteiger partial charge < -0.3 is 19.7 Å². The van der Waals surface area contributed by atoms with E-state index in [0.29, 0.717) is 35.5 Å². The van der Waals surface area contributed by atoms with Crippen LogP contribution in [0, 0.1) is 0 Å². The van der Waals surface area contributed by atoms with Crippen LogP contribution in [0.15, 0.2) is 12.1 Å². The Morgan fingerprint density at radius 1 is 1.36 bits per heavy atom. The van der Waals surface area contributed by atoms with Gasteiger partial charge in [0.25, 0.3) is 5.91 Å². The molecular formula is C19H26N3O4S2+. The monoisotopic (exact) mass is 424 g/mol. The number of carbonyl (C=O) groups excluding carboxylic acids is 2. The highest BCUT2D eigenvalue weighted by atomic mass is 32.2. The van der Waals surface area contributed by atoms with Crippen LogP contribution < -0.4 is 19.7 Å². The standard InChI is InChI=1S/C19H25N3O4S2/c1-12-14-9-16(26-3)15(25-2)8-13(14)4-6-21(12)10-17(23)20-5-7-22-18(24)11-28-19(22)27/h8-9,12H,4-7,10-11H2,1-3H3,(H,20,23)/p+1/t12-/m1/s1. The van der Waals surface area contributed by atoms with Crippen molar-refractivity contribution in [2.24, 2.45) is 0 Å². The van der Waals surface area contributed by atoms with Gasteiger partial charge >= 0.3 is 0 Å². The zero-order valence-electron chi connectivity index (χ0n) is 16.4. The number of nitrogens with zero attached hydrogens (tertiary/aromatic N) is 1. The number of hydrogen-bond donors (Lipinski definition) is 2. The molecule has 1 aromatic rings. The molecule has 1 unspecified atom stereocenters. The van der Waals surface area contributed by atoms with Gasteiger partial charge in [0, 0.05) is 25.1 Å². The van der Waals surface area contributed by atoms with Gasteiger partial charge in [-0.15, -0.1) is 0 Å². The van der Waals surface area contributed by atoms with Gasteiger partial charge in [-0.2, -0.15) is 0 Å². The molecule has 2 aliphatic rings. The van der Waals surface area contributed by atoms with E-state index in [4.69, 9.17) is 21.7 Å². The molecule has 2 N–H and O–H groups in total. The van der Waals surface area contributed by atoms with Gasteiger partial charge in [0.1, 0.15) is 10.4 Å².